The summed E-state index contributed by atoms with van der Waals surface area (Å²) in [5, 5.41) is 0.560. The molecule has 0 unspecified atom stereocenters. The first kappa shape index (κ1) is 15.0. The van der Waals surface area contributed by atoms with E-state index in [-0.39, 0.29) is 0 Å². The average Bonchev–Trinajstić information content (AvgIpc) is 2.63. The molecule has 4 rings (SSSR count). The molecule has 0 atom stereocenters. The number of aromatic nitrogens is 2. The van der Waals surface area contributed by atoms with Crippen molar-refractivity contribution in [2.45, 2.75) is 13.0 Å². The van der Waals surface area contributed by atoms with Gasteiger partial charge in [0.1, 0.15) is 17.9 Å². The van der Waals surface area contributed by atoms with E-state index in [1.165, 1.54) is 17.5 Å². The topological polar surface area (TPSA) is 38.2 Å². The summed E-state index contributed by atoms with van der Waals surface area (Å²) >= 11 is 6.14. The van der Waals surface area contributed by atoms with Crippen molar-refractivity contribution < 1.29 is 4.74 Å². The molecule has 0 aliphatic carbocycles. The molecule has 2 aromatic carbocycles. The molecule has 0 saturated carbocycles. The average molecular weight is 338 g/mol. The summed E-state index contributed by atoms with van der Waals surface area (Å²) in [5.41, 5.74) is 2.76. The minimum Gasteiger partial charge on any atom is -0.437 e. The van der Waals surface area contributed by atoms with Gasteiger partial charge in [0, 0.05) is 19.2 Å². The first-order chi connectivity index (χ1) is 11.8. The smallest absolute Gasteiger partial charge is 0.224 e. The fraction of sp³-hybridized carbons (Fsp3) is 0.158. The molecule has 0 spiro atoms. The van der Waals surface area contributed by atoms with Gasteiger partial charge < -0.3 is 9.64 Å². The molecule has 0 fully saturated rings. The largest absolute Gasteiger partial charge is 0.437 e. The number of anilines is 1. The third-order valence-electron chi connectivity index (χ3n) is 4.13. The van der Waals surface area contributed by atoms with E-state index in [1.807, 2.05) is 24.3 Å². The number of rotatable bonds is 3. The molecule has 24 heavy (non-hydrogen) atoms. The van der Waals surface area contributed by atoms with Gasteiger partial charge in [-0.15, -0.1) is 0 Å². The summed E-state index contributed by atoms with van der Waals surface area (Å²) in [5.74, 6) is 1.95. The van der Waals surface area contributed by atoms with Gasteiger partial charge in [-0.25, -0.2) is 9.97 Å². The highest BCUT2D eigenvalue weighted by molar-refractivity contribution is 6.32. The summed E-state index contributed by atoms with van der Waals surface area (Å²) in [6.07, 6.45) is 2.54. The molecule has 1 aliphatic rings. The van der Waals surface area contributed by atoms with Gasteiger partial charge in [0.15, 0.2) is 0 Å². The van der Waals surface area contributed by atoms with Crippen LogP contribution in [0.5, 0.6) is 11.6 Å². The Labute approximate surface area is 145 Å². The van der Waals surface area contributed by atoms with Crippen LogP contribution in [0.25, 0.3) is 0 Å². The van der Waals surface area contributed by atoms with Gasteiger partial charge in [0.2, 0.25) is 5.88 Å². The summed E-state index contributed by atoms with van der Waals surface area (Å²) in [6, 6.07) is 17.8. The maximum absolute atomic E-state index is 6.14. The van der Waals surface area contributed by atoms with Crippen LogP contribution in [0.15, 0.2) is 60.9 Å². The molecule has 3 aromatic rings. The predicted molar refractivity (Wildman–Crippen MR) is 94.8 cm³/mol. The minimum absolute atomic E-state index is 0.493. The lowest BCUT2D eigenvalue weighted by Gasteiger charge is -2.29. The number of para-hydroxylation sites is 1. The molecule has 4 nitrogen and oxygen atoms in total. The summed E-state index contributed by atoms with van der Waals surface area (Å²) in [6.45, 7) is 1.78. The summed E-state index contributed by atoms with van der Waals surface area (Å²) in [4.78, 5) is 10.8. The normalized spacial score (nSPS) is 13.5. The van der Waals surface area contributed by atoms with E-state index in [2.05, 4.69) is 39.1 Å². The first-order valence-electron chi connectivity index (χ1n) is 7.86. The monoisotopic (exact) mass is 337 g/mol. The van der Waals surface area contributed by atoms with Crippen LogP contribution >= 0.6 is 11.6 Å². The molecular formula is C19H16ClN3O. The number of benzene rings is 2. The third kappa shape index (κ3) is 3.05. The van der Waals surface area contributed by atoms with Crippen LogP contribution in [0.1, 0.15) is 11.1 Å². The molecule has 1 aliphatic heterocycles. The Hall–Kier alpha value is -2.59. The van der Waals surface area contributed by atoms with Crippen LogP contribution in [0.4, 0.5) is 5.82 Å². The van der Waals surface area contributed by atoms with Gasteiger partial charge >= 0.3 is 0 Å². The van der Waals surface area contributed by atoms with E-state index in [0.29, 0.717) is 16.7 Å². The van der Waals surface area contributed by atoms with Gasteiger partial charge in [-0.2, -0.15) is 0 Å². The van der Waals surface area contributed by atoms with Crippen LogP contribution in [0, 0.1) is 0 Å². The lowest BCUT2D eigenvalue weighted by Crippen LogP contribution is -2.30. The van der Waals surface area contributed by atoms with E-state index in [9.17, 15) is 0 Å². The molecule has 5 heteroatoms. The van der Waals surface area contributed by atoms with Crippen molar-refractivity contribution in [1.82, 2.24) is 9.97 Å². The van der Waals surface area contributed by atoms with E-state index >= 15 is 0 Å². The van der Waals surface area contributed by atoms with Crippen molar-refractivity contribution in [3.8, 4) is 11.6 Å². The Morgan fingerprint density at radius 1 is 0.958 bits per heavy atom. The Balaban J connectivity index is 1.56. The van der Waals surface area contributed by atoms with Crippen LogP contribution in [0.3, 0.4) is 0 Å². The van der Waals surface area contributed by atoms with Crippen LogP contribution < -0.4 is 9.64 Å². The van der Waals surface area contributed by atoms with Gasteiger partial charge in [0.25, 0.3) is 0 Å². The first-order valence-corrected chi connectivity index (χ1v) is 8.23. The fourth-order valence-electron chi connectivity index (χ4n) is 2.89. The molecular weight excluding hydrogens is 322 g/mol. The van der Waals surface area contributed by atoms with Gasteiger partial charge in [-0.1, -0.05) is 48.0 Å². The second kappa shape index (κ2) is 6.49. The lowest BCUT2D eigenvalue weighted by molar-refractivity contribution is 0.461. The van der Waals surface area contributed by atoms with E-state index in [0.717, 1.165) is 25.3 Å². The highest BCUT2D eigenvalue weighted by Crippen LogP contribution is 2.30. The van der Waals surface area contributed by atoms with Crippen LogP contribution in [-0.4, -0.2) is 16.5 Å². The Morgan fingerprint density at radius 2 is 1.75 bits per heavy atom. The molecule has 0 bridgehead atoms. The fourth-order valence-corrected chi connectivity index (χ4v) is 3.06. The van der Waals surface area contributed by atoms with E-state index < -0.39 is 0 Å². The highest BCUT2D eigenvalue weighted by atomic mass is 35.5. The van der Waals surface area contributed by atoms with Crippen molar-refractivity contribution >= 4 is 17.4 Å². The summed E-state index contributed by atoms with van der Waals surface area (Å²) in [7, 11) is 0. The van der Waals surface area contributed by atoms with E-state index in [4.69, 9.17) is 16.3 Å². The zero-order valence-electron chi connectivity index (χ0n) is 13.0. The molecule has 0 saturated heterocycles. The van der Waals surface area contributed by atoms with Crippen LogP contribution in [0.2, 0.25) is 5.02 Å². The Kier molecular flexibility index (Phi) is 4.05. The summed E-state index contributed by atoms with van der Waals surface area (Å²) < 4.78 is 5.80. The Morgan fingerprint density at radius 3 is 2.62 bits per heavy atom. The maximum atomic E-state index is 6.14. The zero-order chi connectivity index (χ0) is 16.4. The van der Waals surface area contributed by atoms with Crippen molar-refractivity contribution in [2.24, 2.45) is 0 Å². The molecule has 2 heterocycles. The Bertz CT molecular complexity index is 868. The molecule has 120 valence electrons. The number of ether oxygens (including phenoxy) is 1. The van der Waals surface area contributed by atoms with Gasteiger partial charge in [-0.3, -0.25) is 0 Å². The van der Waals surface area contributed by atoms with Gasteiger partial charge in [0.05, 0.1) is 5.02 Å². The van der Waals surface area contributed by atoms with Crippen molar-refractivity contribution in [3.05, 3.63) is 77.1 Å². The van der Waals surface area contributed by atoms with Crippen molar-refractivity contribution in [2.75, 3.05) is 11.4 Å². The maximum Gasteiger partial charge on any atom is 0.224 e. The lowest BCUT2D eigenvalue weighted by atomic mass is 10.00. The number of halogens is 1. The van der Waals surface area contributed by atoms with E-state index in [1.54, 1.807) is 6.07 Å². The standard InChI is InChI=1S/C19H16ClN3O/c20-16-7-3-4-8-17(16)24-19-11-18(21-13-22-19)23-10-9-14-5-1-2-6-15(14)12-23/h1-8,11,13H,9-10,12H2. The van der Waals surface area contributed by atoms with Crippen molar-refractivity contribution in [3.63, 3.8) is 0 Å². The molecule has 0 radical (unpaired) electrons. The molecule has 1 aromatic heterocycles. The zero-order valence-corrected chi connectivity index (χ0v) is 13.8. The van der Waals surface area contributed by atoms with Gasteiger partial charge in [-0.05, 0) is 29.7 Å². The second-order valence-corrected chi connectivity index (χ2v) is 6.09. The highest BCUT2D eigenvalue weighted by Gasteiger charge is 2.17. The molecule has 0 amide bonds. The third-order valence-corrected chi connectivity index (χ3v) is 4.45. The predicted octanol–water partition coefficient (Wildman–Crippen LogP) is 4.49. The molecule has 0 N–H and O–H groups in total. The minimum atomic E-state index is 0.493. The number of hydrogen-bond acceptors (Lipinski definition) is 4. The number of nitrogens with zero attached hydrogens (tertiary/aromatic N) is 3. The number of fused-ring (bicyclic) bond motifs is 1. The quantitative estimate of drug-likeness (QED) is 0.706. The SMILES string of the molecule is Clc1ccccc1Oc1cc(N2CCc3ccccc3C2)ncn1. The number of hydrogen-bond donors (Lipinski definition) is 0. The second-order valence-electron chi connectivity index (χ2n) is 5.69. The van der Waals surface area contributed by atoms with Crippen molar-refractivity contribution in [1.29, 1.82) is 0 Å². The van der Waals surface area contributed by atoms with Crippen LogP contribution in [-0.2, 0) is 13.0 Å².